The average Bonchev–Trinajstić information content (AvgIpc) is 2.79. The predicted molar refractivity (Wildman–Crippen MR) is 123 cm³/mol. The second-order valence-electron chi connectivity index (χ2n) is 8.14. The molecule has 0 spiro atoms. The fraction of sp³-hybridized carbons (Fsp3) is 0.296. The van der Waals surface area contributed by atoms with E-state index in [9.17, 15) is 4.79 Å². The molecule has 0 N–H and O–H groups in total. The lowest BCUT2D eigenvalue weighted by Gasteiger charge is -2.36. The first-order valence-corrected chi connectivity index (χ1v) is 10.8. The Labute approximate surface area is 184 Å². The summed E-state index contributed by atoms with van der Waals surface area (Å²) in [5.74, 6) is 1.46. The van der Waals surface area contributed by atoms with Crippen molar-refractivity contribution in [2.24, 2.45) is 0 Å². The summed E-state index contributed by atoms with van der Waals surface area (Å²) >= 11 is 0. The number of hydrogen-bond acceptors (Lipinski definition) is 3. The summed E-state index contributed by atoms with van der Waals surface area (Å²) in [6.45, 7) is 5.45. The summed E-state index contributed by atoms with van der Waals surface area (Å²) in [4.78, 5) is 13.8. The van der Waals surface area contributed by atoms with E-state index in [1.165, 1.54) is 22.3 Å². The van der Waals surface area contributed by atoms with E-state index >= 15 is 0 Å². The Morgan fingerprint density at radius 2 is 1.81 bits per heavy atom. The number of hydrogen-bond donors (Lipinski definition) is 0. The number of fused-ring (bicyclic) bond motifs is 1. The van der Waals surface area contributed by atoms with Gasteiger partial charge in [0.25, 0.3) is 0 Å². The standard InChI is InChI=1S/C27H29NO3/c1-19-9-10-23(20(2)15-19)27-24-17-26(31-14-12-21-7-5-4-6-8-21)25(30-3)16-22(24)11-13-28(27)18-29/h4-10,15-18,27H,11-14H2,1-3H3. The Morgan fingerprint density at radius 1 is 1.00 bits per heavy atom. The molecule has 0 saturated heterocycles. The third kappa shape index (κ3) is 4.43. The molecule has 4 rings (SSSR count). The largest absolute Gasteiger partial charge is 0.493 e. The molecule has 1 aliphatic heterocycles. The van der Waals surface area contributed by atoms with Crippen molar-refractivity contribution in [2.45, 2.75) is 32.7 Å². The van der Waals surface area contributed by atoms with Crippen molar-refractivity contribution < 1.29 is 14.3 Å². The smallest absolute Gasteiger partial charge is 0.210 e. The van der Waals surface area contributed by atoms with Gasteiger partial charge in [0.15, 0.2) is 11.5 Å². The normalized spacial score (nSPS) is 15.3. The third-order valence-corrected chi connectivity index (χ3v) is 6.04. The number of methoxy groups -OCH3 is 1. The molecule has 0 fully saturated rings. The fourth-order valence-electron chi connectivity index (χ4n) is 4.43. The minimum atomic E-state index is -0.121. The van der Waals surface area contributed by atoms with Gasteiger partial charge in [-0.05, 0) is 60.2 Å². The van der Waals surface area contributed by atoms with Gasteiger partial charge >= 0.3 is 0 Å². The van der Waals surface area contributed by atoms with Gasteiger partial charge in [0, 0.05) is 13.0 Å². The van der Waals surface area contributed by atoms with E-state index in [1.807, 2.05) is 23.1 Å². The van der Waals surface area contributed by atoms with Gasteiger partial charge in [-0.3, -0.25) is 4.79 Å². The Bertz CT molecular complexity index is 1060. The summed E-state index contributed by atoms with van der Waals surface area (Å²) in [5.41, 5.74) is 7.11. The van der Waals surface area contributed by atoms with Crippen LogP contribution in [0.3, 0.4) is 0 Å². The van der Waals surface area contributed by atoms with Crippen LogP contribution in [0.15, 0.2) is 60.7 Å². The quantitative estimate of drug-likeness (QED) is 0.508. The van der Waals surface area contributed by atoms with Crippen LogP contribution >= 0.6 is 0 Å². The lowest BCUT2D eigenvalue weighted by atomic mass is 9.86. The highest BCUT2D eigenvalue weighted by atomic mass is 16.5. The van der Waals surface area contributed by atoms with E-state index in [0.29, 0.717) is 13.2 Å². The molecule has 0 bridgehead atoms. The third-order valence-electron chi connectivity index (χ3n) is 6.04. The van der Waals surface area contributed by atoms with Crippen molar-refractivity contribution in [3.63, 3.8) is 0 Å². The van der Waals surface area contributed by atoms with Crippen LogP contribution in [0.2, 0.25) is 0 Å². The molecule has 1 aliphatic rings. The average molecular weight is 416 g/mol. The zero-order chi connectivity index (χ0) is 21.8. The van der Waals surface area contributed by atoms with Gasteiger partial charge < -0.3 is 14.4 Å². The van der Waals surface area contributed by atoms with Crippen LogP contribution in [-0.2, 0) is 17.6 Å². The number of ether oxygens (including phenoxy) is 2. The predicted octanol–water partition coefficient (Wildman–Crippen LogP) is 5.04. The lowest BCUT2D eigenvalue weighted by Crippen LogP contribution is -2.35. The Hall–Kier alpha value is -3.27. The van der Waals surface area contributed by atoms with Crippen molar-refractivity contribution >= 4 is 6.41 Å². The number of benzene rings is 3. The molecule has 31 heavy (non-hydrogen) atoms. The van der Waals surface area contributed by atoms with Crippen molar-refractivity contribution in [3.8, 4) is 11.5 Å². The van der Waals surface area contributed by atoms with Crippen LogP contribution < -0.4 is 9.47 Å². The minimum Gasteiger partial charge on any atom is -0.493 e. The summed E-state index contributed by atoms with van der Waals surface area (Å²) in [5, 5.41) is 0. The first-order chi connectivity index (χ1) is 15.1. The molecule has 160 valence electrons. The number of carbonyl (C=O) groups is 1. The monoisotopic (exact) mass is 415 g/mol. The number of nitrogens with zero attached hydrogens (tertiary/aromatic N) is 1. The maximum atomic E-state index is 11.9. The molecule has 1 unspecified atom stereocenters. The lowest BCUT2D eigenvalue weighted by molar-refractivity contribution is -0.119. The van der Waals surface area contributed by atoms with Gasteiger partial charge in [-0.25, -0.2) is 0 Å². The molecule has 4 nitrogen and oxygen atoms in total. The maximum absolute atomic E-state index is 11.9. The van der Waals surface area contributed by atoms with Crippen LogP contribution in [0.25, 0.3) is 0 Å². The molecule has 0 saturated carbocycles. The molecule has 3 aromatic carbocycles. The van der Waals surface area contributed by atoms with E-state index in [2.05, 4.69) is 56.3 Å². The summed E-state index contributed by atoms with van der Waals surface area (Å²) in [6.07, 6.45) is 2.59. The van der Waals surface area contributed by atoms with Gasteiger partial charge in [-0.2, -0.15) is 0 Å². The van der Waals surface area contributed by atoms with E-state index in [1.54, 1.807) is 7.11 Å². The number of rotatable bonds is 7. The van der Waals surface area contributed by atoms with Gasteiger partial charge in [0.2, 0.25) is 6.41 Å². The molecule has 0 radical (unpaired) electrons. The molecule has 4 heteroatoms. The Balaban J connectivity index is 1.68. The second-order valence-corrected chi connectivity index (χ2v) is 8.14. The molecule has 1 heterocycles. The van der Waals surface area contributed by atoms with Crippen molar-refractivity contribution in [2.75, 3.05) is 20.3 Å². The first-order valence-electron chi connectivity index (χ1n) is 10.8. The minimum absolute atomic E-state index is 0.121. The highest BCUT2D eigenvalue weighted by Gasteiger charge is 2.30. The van der Waals surface area contributed by atoms with Gasteiger partial charge in [-0.1, -0.05) is 54.1 Å². The number of carbonyl (C=O) groups excluding carboxylic acids is 1. The summed E-state index contributed by atoms with van der Waals surface area (Å²) < 4.78 is 11.8. The Morgan fingerprint density at radius 3 is 2.52 bits per heavy atom. The van der Waals surface area contributed by atoms with E-state index < -0.39 is 0 Å². The molecule has 0 aliphatic carbocycles. The maximum Gasteiger partial charge on any atom is 0.210 e. The van der Waals surface area contributed by atoms with Gasteiger partial charge in [-0.15, -0.1) is 0 Å². The fourth-order valence-corrected chi connectivity index (χ4v) is 4.43. The van der Waals surface area contributed by atoms with Gasteiger partial charge in [0.1, 0.15) is 0 Å². The highest BCUT2D eigenvalue weighted by molar-refractivity contribution is 5.58. The van der Waals surface area contributed by atoms with Crippen LogP contribution in [0.4, 0.5) is 0 Å². The van der Waals surface area contributed by atoms with E-state index in [0.717, 1.165) is 41.9 Å². The van der Waals surface area contributed by atoms with Crippen molar-refractivity contribution in [3.05, 3.63) is 94.0 Å². The SMILES string of the molecule is COc1cc2c(cc1OCCc1ccccc1)C(c1ccc(C)cc1C)N(C=O)CC2. The van der Waals surface area contributed by atoms with E-state index in [-0.39, 0.29) is 6.04 Å². The molecule has 0 aromatic heterocycles. The first kappa shape index (κ1) is 21.0. The van der Waals surface area contributed by atoms with E-state index in [4.69, 9.17) is 9.47 Å². The van der Waals surface area contributed by atoms with Crippen molar-refractivity contribution in [1.82, 2.24) is 4.90 Å². The second kappa shape index (κ2) is 9.25. The van der Waals surface area contributed by atoms with Crippen LogP contribution in [0, 0.1) is 13.8 Å². The molecular weight excluding hydrogens is 386 g/mol. The van der Waals surface area contributed by atoms with Crippen LogP contribution in [0.1, 0.15) is 39.4 Å². The highest BCUT2D eigenvalue weighted by Crippen LogP contribution is 2.41. The zero-order valence-corrected chi connectivity index (χ0v) is 18.4. The molecule has 1 amide bonds. The van der Waals surface area contributed by atoms with Crippen molar-refractivity contribution in [1.29, 1.82) is 0 Å². The zero-order valence-electron chi connectivity index (χ0n) is 18.4. The number of amides is 1. The van der Waals surface area contributed by atoms with Gasteiger partial charge in [0.05, 0.1) is 19.8 Å². The number of aryl methyl sites for hydroxylation is 2. The van der Waals surface area contributed by atoms with Crippen LogP contribution in [-0.4, -0.2) is 31.6 Å². The summed E-state index contributed by atoms with van der Waals surface area (Å²) in [7, 11) is 1.67. The summed E-state index contributed by atoms with van der Waals surface area (Å²) in [6, 6.07) is 20.7. The molecular formula is C27H29NO3. The topological polar surface area (TPSA) is 38.8 Å². The molecule has 1 atom stereocenters. The Kier molecular flexibility index (Phi) is 6.26. The van der Waals surface area contributed by atoms with Crippen LogP contribution in [0.5, 0.6) is 11.5 Å². The molecule has 3 aromatic rings.